The number of carbonyl (C=O) groups is 1. The zero-order valence-corrected chi connectivity index (χ0v) is 14.9. The predicted octanol–water partition coefficient (Wildman–Crippen LogP) is 4.71. The highest BCUT2D eigenvalue weighted by Gasteiger charge is 2.42. The zero-order chi connectivity index (χ0) is 17.5. The van der Waals surface area contributed by atoms with Crippen LogP contribution in [0.4, 0.5) is 0 Å². The summed E-state index contributed by atoms with van der Waals surface area (Å²) >= 11 is 6.00. The lowest BCUT2D eigenvalue weighted by molar-refractivity contribution is 0.0695. The van der Waals surface area contributed by atoms with Gasteiger partial charge in [-0.25, -0.2) is 4.79 Å². The van der Waals surface area contributed by atoms with Crippen molar-refractivity contribution in [2.45, 2.75) is 45.2 Å². The van der Waals surface area contributed by atoms with Gasteiger partial charge in [0.05, 0.1) is 6.54 Å². The maximum Gasteiger partial charge on any atom is 0.339 e. The van der Waals surface area contributed by atoms with E-state index in [-0.39, 0.29) is 11.1 Å². The van der Waals surface area contributed by atoms with Crippen molar-refractivity contribution in [3.63, 3.8) is 0 Å². The molecule has 3 rings (SSSR count). The maximum absolute atomic E-state index is 11.2. The van der Waals surface area contributed by atoms with Gasteiger partial charge in [-0.3, -0.25) is 4.90 Å². The Balaban J connectivity index is 1.79. The van der Waals surface area contributed by atoms with Crippen LogP contribution in [0.5, 0.6) is 0 Å². The first-order valence-electron chi connectivity index (χ1n) is 8.12. The summed E-state index contributed by atoms with van der Waals surface area (Å²) in [5.41, 5.74) is 1.49. The van der Waals surface area contributed by atoms with E-state index in [9.17, 15) is 9.90 Å². The Kier molecular flexibility index (Phi) is 4.45. The summed E-state index contributed by atoms with van der Waals surface area (Å²) in [7, 11) is 0. The van der Waals surface area contributed by atoms with Crippen LogP contribution in [0.15, 0.2) is 34.7 Å². The molecule has 4 nitrogen and oxygen atoms in total. The zero-order valence-electron chi connectivity index (χ0n) is 14.2. The number of aromatic carboxylic acids is 1. The van der Waals surface area contributed by atoms with E-state index in [2.05, 4.69) is 30.9 Å². The third-order valence-corrected chi connectivity index (χ3v) is 5.43. The fourth-order valence-corrected chi connectivity index (χ4v) is 3.85. The summed E-state index contributed by atoms with van der Waals surface area (Å²) in [5, 5.41) is 9.92. The molecule has 1 aliphatic heterocycles. The average molecular weight is 348 g/mol. The molecule has 5 heteroatoms. The van der Waals surface area contributed by atoms with Crippen molar-refractivity contribution in [1.29, 1.82) is 0 Å². The Morgan fingerprint density at radius 2 is 2.04 bits per heavy atom. The number of rotatable bonds is 4. The second kappa shape index (κ2) is 6.26. The Labute approximate surface area is 147 Å². The molecule has 1 atom stereocenters. The van der Waals surface area contributed by atoms with Gasteiger partial charge in [0.15, 0.2) is 0 Å². The van der Waals surface area contributed by atoms with Crippen LogP contribution in [-0.2, 0) is 6.54 Å². The predicted molar refractivity (Wildman–Crippen MR) is 93.7 cm³/mol. The molecule has 1 unspecified atom stereocenters. The van der Waals surface area contributed by atoms with E-state index in [1.165, 1.54) is 5.56 Å². The molecule has 0 saturated carbocycles. The quantitative estimate of drug-likeness (QED) is 0.870. The molecule has 1 fully saturated rings. The van der Waals surface area contributed by atoms with Crippen molar-refractivity contribution in [3.8, 4) is 0 Å². The lowest BCUT2D eigenvalue weighted by Gasteiger charge is -2.36. The summed E-state index contributed by atoms with van der Waals surface area (Å²) in [5.74, 6) is 0.630. The van der Waals surface area contributed by atoms with Gasteiger partial charge in [0.2, 0.25) is 0 Å². The maximum atomic E-state index is 11.2. The molecule has 1 aromatic carbocycles. The minimum absolute atomic E-state index is 0.0437. The van der Waals surface area contributed by atoms with E-state index in [1.807, 2.05) is 12.1 Å². The number of carboxylic acid groups (broad SMARTS) is 1. The van der Waals surface area contributed by atoms with E-state index in [0.29, 0.717) is 24.0 Å². The molecule has 1 saturated heterocycles. The molecule has 1 aromatic heterocycles. The number of aryl methyl sites for hydroxylation is 1. The van der Waals surface area contributed by atoms with Crippen LogP contribution < -0.4 is 0 Å². The molecule has 2 aromatic rings. The summed E-state index contributed by atoms with van der Waals surface area (Å²) in [4.78, 5) is 13.5. The Morgan fingerprint density at radius 1 is 1.38 bits per heavy atom. The topological polar surface area (TPSA) is 53.7 Å². The highest BCUT2D eigenvalue weighted by molar-refractivity contribution is 6.30. The molecule has 128 valence electrons. The van der Waals surface area contributed by atoms with Crippen molar-refractivity contribution >= 4 is 17.6 Å². The number of benzene rings is 1. The second-order valence-corrected chi connectivity index (χ2v) is 7.39. The minimum atomic E-state index is -0.942. The standard InChI is InChI=1S/C19H22ClNO3/c1-12-16(18(22)23)10-15(24-12)11-21-9-8-17(19(21,2)3)13-4-6-14(20)7-5-13/h4-7,10,17H,8-9,11H2,1-3H3,(H,22,23). The second-order valence-electron chi connectivity index (χ2n) is 6.96. The van der Waals surface area contributed by atoms with E-state index in [4.69, 9.17) is 16.0 Å². The minimum Gasteiger partial charge on any atom is -0.478 e. The molecule has 0 amide bonds. The summed E-state index contributed by atoms with van der Waals surface area (Å²) < 4.78 is 5.65. The molecule has 1 aliphatic rings. The molecule has 1 N–H and O–H groups in total. The number of nitrogens with zero attached hydrogens (tertiary/aromatic N) is 1. The number of furan rings is 1. The monoisotopic (exact) mass is 347 g/mol. The molecule has 24 heavy (non-hydrogen) atoms. The summed E-state index contributed by atoms with van der Waals surface area (Å²) in [6, 6.07) is 9.70. The lowest BCUT2D eigenvalue weighted by atomic mass is 9.83. The van der Waals surface area contributed by atoms with Crippen LogP contribution in [0.1, 0.15) is 53.6 Å². The third-order valence-electron chi connectivity index (χ3n) is 5.17. The van der Waals surface area contributed by atoms with Crippen LogP contribution in [0.3, 0.4) is 0 Å². The largest absolute Gasteiger partial charge is 0.478 e. The van der Waals surface area contributed by atoms with Gasteiger partial charge in [-0.2, -0.15) is 0 Å². The highest BCUT2D eigenvalue weighted by atomic mass is 35.5. The van der Waals surface area contributed by atoms with Gasteiger partial charge in [-0.15, -0.1) is 0 Å². The average Bonchev–Trinajstić information content (AvgIpc) is 3.01. The van der Waals surface area contributed by atoms with E-state index >= 15 is 0 Å². The first-order valence-corrected chi connectivity index (χ1v) is 8.50. The van der Waals surface area contributed by atoms with Crippen molar-refractivity contribution < 1.29 is 14.3 Å². The number of halogens is 1. The van der Waals surface area contributed by atoms with Crippen LogP contribution in [-0.4, -0.2) is 28.1 Å². The van der Waals surface area contributed by atoms with Crippen molar-refractivity contribution in [2.75, 3.05) is 6.54 Å². The van der Waals surface area contributed by atoms with Crippen LogP contribution in [0.25, 0.3) is 0 Å². The van der Waals surface area contributed by atoms with E-state index < -0.39 is 5.97 Å². The first-order chi connectivity index (χ1) is 11.3. The Bertz CT molecular complexity index is 748. The SMILES string of the molecule is Cc1oc(CN2CCC(c3ccc(Cl)cc3)C2(C)C)cc1C(=O)O. The van der Waals surface area contributed by atoms with Crippen molar-refractivity contribution in [3.05, 3.63) is 58.0 Å². The number of hydrogen-bond donors (Lipinski definition) is 1. The molecule has 0 radical (unpaired) electrons. The number of likely N-dealkylation sites (tertiary alicyclic amines) is 1. The van der Waals surface area contributed by atoms with Gasteiger partial charge in [-0.05, 0) is 57.5 Å². The fourth-order valence-electron chi connectivity index (χ4n) is 3.72. The van der Waals surface area contributed by atoms with Crippen LogP contribution >= 0.6 is 11.6 Å². The van der Waals surface area contributed by atoms with Gasteiger partial charge >= 0.3 is 5.97 Å². The molecule has 0 bridgehead atoms. The molecule has 0 aliphatic carbocycles. The van der Waals surface area contributed by atoms with Crippen molar-refractivity contribution in [1.82, 2.24) is 4.90 Å². The first kappa shape index (κ1) is 17.1. The van der Waals surface area contributed by atoms with E-state index in [1.54, 1.807) is 13.0 Å². The van der Waals surface area contributed by atoms with Gasteiger partial charge in [0, 0.05) is 16.5 Å². The lowest BCUT2D eigenvalue weighted by Crippen LogP contribution is -2.41. The molecular weight excluding hydrogens is 326 g/mol. The highest BCUT2D eigenvalue weighted by Crippen LogP contribution is 2.42. The van der Waals surface area contributed by atoms with Gasteiger partial charge in [0.25, 0.3) is 0 Å². The summed E-state index contributed by atoms with van der Waals surface area (Å²) in [6.45, 7) is 7.71. The van der Waals surface area contributed by atoms with Crippen LogP contribution in [0.2, 0.25) is 5.02 Å². The van der Waals surface area contributed by atoms with Gasteiger partial charge in [0.1, 0.15) is 17.1 Å². The normalized spacial score (nSPS) is 20.4. The Morgan fingerprint density at radius 3 is 2.62 bits per heavy atom. The molecule has 0 spiro atoms. The van der Waals surface area contributed by atoms with Crippen LogP contribution in [0, 0.1) is 6.92 Å². The summed E-state index contributed by atoms with van der Waals surface area (Å²) in [6.07, 6.45) is 1.06. The fraction of sp³-hybridized carbons (Fsp3) is 0.421. The van der Waals surface area contributed by atoms with Gasteiger partial charge < -0.3 is 9.52 Å². The molecular formula is C19H22ClNO3. The van der Waals surface area contributed by atoms with Crippen molar-refractivity contribution in [2.24, 2.45) is 0 Å². The third kappa shape index (κ3) is 3.08. The smallest absolute Gasteiger partial charge is 0.339 e. The molecule has 2 heterocycles. The van der Waals surface area contributed by atoms with Gasteiger partial charge in [-0.1, -0.05) is 23.7 Å². The number of hydrogen-bond acceptors (Lipinski definition) is 3. The van der Waals surface area contributed by atoms with E-state index in [0.717, 1.165) is 18.0 Å². The number of carboxylic acids is 1. The Hall–Kier alpha value is -1.78.